The largest absolute Gasteiger partial charge is 0.368 e. The van der Waals surface area contributed by atoms with Gasteiger partial charge in [-0.3, -0.25) is 14.9 Å². The first-order chi connectivity index (χ1) is 16.9. The Hall–Kier alpha value is -3.78. The zero-order chi connectivity index (χ0) is 24.8. The van der Waals surface area contributed by atoms with Crippen LogP contribution in [0.2, 0.25) is 0 Å². The van der Waals surface area contributed by atoms with E-state index in [1.165, 1.54) is 17.7 Å². The van der Waals surface area contributed by atoms with Crippen molar-refractivity contribution in [3.63, 3.8) is 0 Å². The predicted octanol–water partition coefficient (Wildman–Crippen LogP) is 4.48. The SMILES string of the molecule is CCc1ccc(C(=O)NC(=S)Nc2ccc(N3CCN(C(=O)c4ccccc4F)CC3)cc2)cc1. The first-order valence-corrected chi connectivity index (χ1v) is 12.0. The minimum atomic E-state index is -0.494. The predicted molar refractivity (Wildman–Crippen MR) is 140 cm³/mol. The Morgan fingerprint density at radius 3 is 2.20 bits per heavy atom. The fraction of sp³-hybridized carbons (Fsp3) is 0.222. The van der Waals surface area contributed by atoms with E-state index >= 15 is 0 Å². The molecular weight excluding hydrogens is 463 g/mol. The van der Waals surface area contributed by atoms with E-state index in [0.29, 0.717) is 31.7 Å². The summed E-state index contributed by atoms with van der Waals surface area (Å²) in [5.74, 6) is -1.03. The zero-order valence-electron chi connectivity index (χ0n) is 19.5. The summed E-state index contributed by atoms with van der Waals surface area (Å²) in [6.45, 7) is 4.40. The Kier molecular flexibility index (Phi) is 7.72. The summed E-state index contributed by atoms with van der Waals surface area (Å²) < 4.78 is 14.0. The van der Waals surface area contributed by atoms with Crippen LogP contribution in [-0.4, -0.2) is 48.0 Å². The Balaban J connectivity index is 1.28. The monoisotopic (exact) mass is 490 g/mol. The zero-order valence-corrected chi connectivity index (χ0v) is 20.3. The van der Waals surface area contributed by atoms with E-state index in [1.54, 1.807) is 29.2 Å². The first kappa shape index (κ1) is 24.3. The van der Waals surface area contributed by atoms with Crippen molar-refractivity contribution in [2.24, 2.45) is 0 Å². The number of thiocarbonyl (C=S) groups is 1. The minimum absolute atomic E-state index is 0.109. The van der Waals surface area contributed by atoms with E-state index in [9.17, 15) is 14.0 Å². The van der Waals surface area contributed by atoms with Gasteiger partial charge in [-0.05, 0) is 72.7 Å². The fourth-order valence-electron chi connectivity index (χ4n) is 3.96. The number of nitrogens with one attached hydrogen (secondary N) is 2. The average Bonchev–Trinajstić information content (AvgIpc) is 2.89. The molecule has 1 saturated heterocycles. The van der Waals surface area contributed by atoms with Gasteiger partial charge in [-0.25, -0.2) is 4.39 Å². The van der Waals surface area contributed by atoms with E-state index in [2.05, 4.69) is 22.5 Å². The third kappa shape index (κ3) is 6.02. The highest BCUT2D eigenvalue weighted by Gasteiger charge is 2.24. The second-order valence-electron chi connectivity index (χ2n) is 8.26. The van der Waals surface area contributed by atoms with Crippen LogP contribution in [0.25, 0.3) is 0 Å². The molecule has 0 bridgehead atoms. The molecule has 0 spiro atoms. The lowest BCUT2D eigenvalue weighted by molar-refractivity contribution is 0.0742. The summed E-state index contributed by atoms with van der Waals surface area (Å²) in [4.78, 5) is 28.9. The number of rotatable bonds is 5. The number of carbonyl (C=O) groups is 2. The number of aryl methyl sites for hydroxylation is 1. The molecular formula is C27H27FN4O2S. The maximum Gasteiger partial charge on any atom is 0.257 e. The fourth-order valence-corrected chi connectivity index (χ4v) is 4.17. The number of anilines is 2. The number of hydrogen-bond donors (Lipinski definition) is 2. The molecule has 2 N–H and O–H groups in total. The van der Waals surface area contributed by atoms with Crippen molar-refractivity contribution in [1.29, 1.82) is 0 Å². The van der Waals surface area contributed by atoms with Crippen LogP contribution in [0, 0.1) is 5.82 Å². The molecule has 2 amide bonds. The smallest absolute Gasteiger partial charge is 0.257 e. The Bertz CT molecular complexity index is 1210. The maximum atomic E-state index is 14.0. The van der Waals surface area contributed by atoms with Crippen LogP contribution in [0.15, 0.2) is 72.8 Å². The molecule has 0 radical (unpaired) electrons. The Labute approximate surface area is 209 Å². The highest BCUT2D eigenvalue weighted by molar-refractivity contribution is 7.80. The van der Waals surface area contributed by atoms with Gasteiger partial charge < -0.3 is 15.1 Å². The molecule has 180 valence electrons. The van der Waals surface area contributed by atoms with Crippen LogP contribution >= 0.6 is 12.2 Å². The molecule has 1 aliphatic heterocycles. The summed E-state index contributed by atoms with van der Waals surface area (Å²) >= 11 is 5.29. The van der Waals surface area contributed by atoms with E-state index in [-0.39, 0.29) is 22.5 Å². The van der Waals surface area contributed by atoms with E-state index in [1.807, 2.05) is 36.4 Å². The van der Waals surface area contributed by atoms with Crippen LogP contribution in [0.1, 0.15) is 33.2 Å². The van der Waals surface area contributed by atoms with Crippen LogP contribution < -0.4 is 15.5 Å². The molecule has 0 unspecified atom stereocenters. The molecule has 1 heterocycles. The third-order valence-corrected chi connectivity index (χ3v) is 6.22. The molecule has 3 aromatic rings. The molecule has 35 heavy (non-hydrogen) atoms. The van der Waals surface area contributed by atoms with Crippen molar-refractivity contribution in [3.8, 4) is 0 Å². The highest BCUT2D eigenvalue weighted by atomic mass is 32.1. The molecule has 0 aromatic heterocycles. The number of carbonyl (C=O) groups excluding carboxylic acids is 2. The molecule has 1 fully saturated rings. The van der Waals surface area contributed by atoms with Gasteiger partial charge in [-0.1, -0.05) is 31.2 Å². The van der Waals surface area contributed by atoms with Gasteiger partial charge in [-0.15, -0.1) is 0 Å². The second-order valence-corrected chi connectivity index (χ2v) is 8.67. The summed E-state index contributed by atoms with van der Waals surface area (Å²) in [5.41, 5.74) is 3.60. The van der Waals surface area contributed by atoms with Gasteiger partial charge in [0.2, 0.25) is 0 Å². The van der Waals surface area contributed by atoms with Gasteiger partial charge in [0.1, 0.15) is 5.82 Å². The second kappa shape index (κ2) is 11.1. The lowest BCUT2D eigenvalue weighted by Crippen LogP contribution is -2.49. The molecule has 8 heteroatoms. The van der Waals surface area contributed by atoms with Crippen LogP contribution in [0.4, 0.5) is 15.8 Å². The topological polar surface area (TPSA) is 64.7 Å². The van der Waals surface area contributed by atoms with Crippen LogP contribution in [0.3, 0.4) is 0 Å². The van der Waals surface area contributed by atoms with Gasteiger partial charge in [0.25, 0.3) is 11.8 Å². The first-order valence-electron chi connectivity index (χ1n) is 11.5. The number of hydrogen-bond acceptors (Lipinski definition) is 4. The normalized spacial score (nSPS) is 13.3. The van der Waals surface area contributed by atoms with Crippen molar-refractivity contribution in [2.75, 3.05) is 36.4 Å². The van der Waals surface area contributed by atoms with Gasteiger partial charge in [0.05, 0.1) is 5.56 Å². The summed E-state index contributed by atoms with van der Waals surface area (Å²) in [6.07, 6.45) is 0.916. The number of nitrogens with zero attached hydrogens (tertiary/aromatic N) is 2. The van der Waals surface area contributed by atoms with Crippen molar-refractivity contribution in [1.82, 2.24) is 10.2 Å². The lowest BCUT2D eigenvalue weighted by Gasteiger charge is -2.36. The van der Waals surface area contributed by atoms with Crippen molar-refractivity contribution in [2.45, 2.75) is 13.3 Å². The van der Waals surface area contributed by atoms with Crippen molar-refractivity contribution in [3.05, 3.63) is 95.3 Å². The molecule has 4 rings (SSSR count). The highest BCUT2D eigenvalue weighted by Crippen LogP contribution is 2.21. The maximum absolute atomic E-state index is 14.0. The van der Waals surface area contributed by atoms with Crippen molar-refractivity contribution < 1.29 is 14.0 Å². The number of piperazine rings is 1. The van der Waals surface area contributed by atoms with Crippen LogP contribution in [0.5, 0.6) is 0 Å². The van der Waals surface area contributed by atoms with Gasteiger partial charge in [0, 0.05) is 43.1 Å². The molecule has 3 aromatic carbocycles. The quantitative estimate of drug-likeness (QED) is 0.517. The van der Waals surface area contributed by atoms with Crippen LogP contribution in [-0.2, 0) is 6.42 Å². The van der Waals surface area contributed by atoms with E-state index in [0.717, 1.165) is 17.8 Å². The third-order valence-electron chi connectivity index (χ3n) is 6.01. The number of amides is 2. The van der Waals surface area contributed by atoms with E-state index in [4.69, 9.17) is 12.2 Å². The number of halogens is 1. The Morgan fingerprint density at radius 1 is 0.914 bits per heavy atom. The molecule has 0 atom stereocenters. The molecule has 0 saturated carbocycles. The lowest BCUT2D eigenvalue weighted by atomic mass is 10.1. The van der Waals surface area contributed by atoms with Gasteiger partial charge in [-0.2, -0.15) is 0 Å². The van der Waals surface area contributed by atoms with Gasteiger partial charge >= 0.3 is 0 Å². The van der Waals surface area contributed by atoms with Crippen molar-refractivity contribution >= 4 is 40.5 Å². The molecule has 6 nitrogen and oxygen atoms in total. The van der Waals surface area contributed by atoms with Gasteiger partial charge in [0.15, 0.2) is 5.11 Å². The summed E-state index contributed by atoms with van der Waals surface area (Å²) in [6, 6.07) is 21.2. The Morgan fingerprint density at radius 2 is 1.57 bits per heavy atom. The minimum Gasteiger partial charge on any atom is -0.368 e. The molecule has 0 aliphatic carbocycles. The standard InChI is InChI=1S/C27H27FN4O2S/c1-2-19-7-9-20(10-8-19)25(33)30-27(35)29-21-11-13-22(14-12-21)31-15-17-32(18-16-31)26(34)23-5-3-4-6-24(23)28/h3-14H,2,15-18H2,1H3,(H2,29,30,33,35). The number of benzene rings is 3. The molecule has 1 aliphatic rings. The summed E-state index contributed by atoms with van der Waals surface area (Å²) in [5, 5.41) is 5.96. The van der Waals surface area contributed by atoms with E-state index < -0.39 is 5.82 Å². The summed E-state index contributed by atoms with van der Waals surface area (Å²) in [7, 11) is 0. The average molecular weight is 491 g/mol.